The van der Waals surface area contributed by atoms with Crippen molar-refractivity contribution in [2.75, 3.05) is 31.7 Å². The molecule has 0 fully saturated rings. The molecule has 2 N–H and O–H groups in total. The number of methoxy groups -OCH3 is 1. The van der Waals surface area contributed by atoms with Crippen LogP contribution < -0.4 is 25.0 Å². The highest BCUT2D eigenvalue weighted by Gasteiger charge is 2.40. The van der Waals surface area contributed by atoms with Gasteiger partial charge in [0.25, 0.3) is 5.91 Å². The summed E-state index contributed by atoms with van der Waals surface area (Å²) in [4.78, 5) is 29.4. The van der Waals surface area contributed by atoms with E-state index in [-0.39, 0.29) is 24.3 Å². The van der Waals surface area contributed by atoms with Crippen molar-refractivity contribution in [1.82, 2.24) is 10.6 Å². The number of carbonyl (C=O) groups excluding carboxylic acids is 2. The van der Waals surface area contributed by atoms with Crippen molar-refractivity contribution in [3.8, 4) is 11.5 Å². The molecule has 0 saturated carbocycles. The number of nitrogens with zero attached hydrogens (tertiary/aromatic N) is 1. The predicted molar refractivity (Wildman–Crippen MR) is 212 cm³/mol. The number of nitrogens with one attached hydrogen (secondary N) is 2. The second-order valence-corrected chi connectivity index (χ2v) is 15.1. The first-order chi connectivity index (χ1) is 26.0. The highest BCUT2D eigenvalue weighted by Crippen LogP contribution is 2.45. The monoisotopic (exact) mass is 751 g/mol. The van der Waals surface area contributed by atoms with Crippen molar-refractivity contribution >= 4 is 39.9 Å². The van der Waals surface area contributed by atoms with Crippen LogP contribution in [0.1, 0.15) is 62.0 Å². The fraction of sp³-hybridized carbons (Fsp3) is 0.318. The number of ether oxygens (including phenoxy) is 3. The van der Waals surface area contributed by atoms with Crippen LogP contribution in [-0.4, -0.2) is 44.7 Å². The van der Waals surface area contributed by atoms with E-state index in [0.29, 0.717) is 52.1 Å². The third-order valence-corrected chi connectivity index (χ3v) is 9.52. The van der Waals surface area contributed by atoms with Crippen molar-refractivity contribution in [3.63, 3.8) is 0 Å². The Morgan fingerprint density at radius 2 is 1.65 bits per heavy atom. The molecule has 0 unspecified atom stereocenters. The van der Waals surface area contributed by atoms with Gasteiger partial charge in [-0.15, -0.1) is 0 Å². The molecule has 2 amide bonds. The zero-order valence-corrected chi connectivity index (χ0v) is 31.9. The lowest BCUT2D eigenvalue weighted by molar-refractivity contribution is -0.138. The maximum absolute atomic E-state index is 14.4. The van der Waals surface area contributed by atoms with Crippen molar-refractivity contribution < 1.29 is 28.2 Å². The maximum atomic E-state index is 14.4. The fourth-order valence-electron chi connectivity index (χ4n) is 6.78. The quantitative estimate of drug-likeness (QED) is 0.110. The van der Waals surface area contributed by atoms with Gasteiger partial charge in [0.05, 0.1) is 20.1 Å². The summed E-state index contributed by atoms with van der Waals surface area (Å²) in [5.41, 5.74) is 3.20. The van der Waals surface area contributed by atoms with Crippen LogP contribution >= 0.6 is 11.6 Å². The summed E-state index contributed by atoms with van der Waals surface area (Å²) in [5.74, 6) is -0.253. The van der Waals surface area contributed by atoms with Gasteiger partial charge in [0.2, 0.25) is 5.91 Å². The lowest BCUT2D eigenvalue weighted by Crippen LogP contribution is -2.45. The molecule has 1 aliphatic heterocycles. The molecular weight excluding hydrogens is 705 g/mol. The molecule has 0 saturated heterocycles. The molecule has 0 radical (unpaired) electrons. The number of hydrogen-bond acceptors (Lipinski definition) is 6. The second-order valence-electron chi connectivity index (χ2n) is 14.7. The van der Waals surface area contributed by atoms with Gasteiger partial charge in [-0.2, -0.15) is 0 Å². The first kappa shape index (κ1) is 38.8. The number of para-hydroxylation sites is 1. The van der Waals surface area contributed by atoms with Crippen LogP contribution in [0.3, 0.4) is 0 Å². The normalized spacial score (nSPS) is 15.8. The molecule has 1 aliphatic rings. The summed E-state index contributed by atoms with van der Waals surface area (Å²) < 4.78 is 33.3. The van der Waals surface area contributed by atoms with E-state index >= 15 is 0 Å². The van der Waals surface area contributed by atoms with E-state index in [9.17, 15) is 14.0 Å². The topological polar surface area (TPSA) is 89.1 Å². The van der Waals surface area contributed by atoms with Gasteiger partial charge in [0.1, 0.15) is 18.0 Å². The Balaban J connectivity index is 1.22. The standard InChI is InChI=1S/C44H47ClFN3O5/c1-44(2,3)28-49-37-21-20-32(45)24-35(37)41(54-39(43(49)51)25-40(50)48-27-31-13-6-8-18-36(31)46)34-17-10-19-38(42(34)52-4)53-23-11-22-47-26-30-15-9-14-29-12-5-7-16-33(29)30/h5-10,12-21,24,39,41,47H,11,22-23,25-28H2,1-4H3,(H,48,50)/t39-,41-/m1/s1. The molecule has 282 valence electrons. The average Bonchev–Trinajstić information content (AvgIpc) is 3.25. The summed E-state index contributed by atoms with van der Waals surface area (Å²) in [7, 11) is 1.57. The molecule has 6 rings (SSSR count). The molecule has 10 heteroatoms. The smallest absolute Gasteiger partial charge is 0.256 e. The highest BCUT2D eigenvalue weighted by atomic mass is 35.5. The number of halogens is 2. The summed E-state index contributed by atoms with van der Waals surface area (Å²) in [6, 6.07) is 31.9. The maximum Gasteiger partial charge on any atom is 0.256 e. The summed E-state index contributed by atoms with van der Waals surface area (Å²) >= 11 is 6.60. The Hall–Kier alpha value is -4.96. The summed E-state index contributed by atoms with van der Waals surface area (Å²) in [6.07, 6.45) is -1.56. The minimum atomic E-state index is -1.17. The molecule has 0 spiro atoms. The van der Waals surface area contributed by atoms with Crippen molar-refractivity contribution in [1.29, 1.82) is 0 Å². The van der Waals surface area contributed by atoms with Crippen LogP contribution in [0.15, 0.2) is 103 Å². The van der Waals surface area contributed by atoms with E-state index in [1.807, 2.05) is 51.1 Å². The Bertz CT molecular complexity index is 2100. The van der Waals surface area contributed by atoms with Gasteiger partial charge in [-0.1, -0.05) is 105 Å². The molecule has 8 nitrogen and oxygen atoms in total. The van der Waals surface area contributed by atoms with Gasteiger partial charge >= 0.3 is 0 Å². The highest BCUT2D eigenvalue weighted by molar-refractivity contribution is 6.30. The number of rotatable bonds is 14. The third kappa shape index (κ3) is 9.39. The van der Waals surface area contributed by atoms with Gasteiger partial charge in [0, 0.05) is 47.0 Å². The van der Waals surface area contributed by atoms with E-state index in [1.165, 1.54) is 22.4 Å². The molecule has 0 aromatic heterocycles. The largest absolute Gasteiger partial charge is 0.492 e. The van der Waals surface area contributed by atoms with E-state index < -0.39 is 23.9 Å². The van der Waals surface area contributed by atoms with Gasteiger partial charge in [-0.3, -0.25) is 9.59 Å². The third-order valence-electron chi connectivity index (χ3n) is 9.29. The molecule has 54 heavy (non-hydrogen) atoms. The number of amides is 2. The van der Waals surface area contributed by atoms with Crippen LogP contribution in [0.5, 0.6) is 11.5 Å². The zero-order chi connectivity index (χ0) is 38.2. The Kier molecular flexibility index (Phi) is 12.5. The zero-order valence-electron chi connectivity index (χ0n) is 31.2. The Labute approximate surface area is 321 Å². The number of carbonyl (C=O) groups is 2. The van der Waals surface area contributed by atoms with Gasteiger partial charge in [0.15, 0.2) is 11.5 Å². The van der Waals surface area contributed by atoms with E-state index in [2.05, 4.69) is 47.0 Å². The summed E-state index contributed by atoms with van der Waals surface area (Å²) in [6.45, 7) is 8.37. The van der Waals surface area contributed by atoms with Crippen molar-refractivity contribution in [2.45, 2.75) is 58.9 Å². The number of fused-ring (bicyclic) bond motifs is 2. The SMILES string of the molecule is COc1c(OCCCNCc2cccc3ccccc23)cccc1[C@H]1O[C@H](CC(=O)NCc2ccccc2F)C(=O)N(CC(C)(C)C)c2ccc(Cl)cc21. The van der Waals surface area contributed by atoms with Crippen molar-refractivity contribution in [3.05, 3.63) is 136 Å². The molecule has 1 heterocycles. The van der Waals surface area contributed by atoms with E-state index in [1.54, 1.807) is 42.3 Å². The van der Waals surface area contributed by atoms with Gasteiger partial charge in [-0.25, -0.2) is 4.39 Å². The molecule has 5 aromatic carbocycles. The van der Waals surface area contributed by atoms with Crippen LogP contribution in [-0.2, 0) is 27.4 Å². The Morgan fingerprint density at radius 1 is 0.907 bits per heavy atom. The fourth-order valence-corrected chi connectivity index (χ4v) is 6.96. The van der Waals surface area contributed by atoms with Crippen LogP contribution in [0.4, 0.5) is 10.1 Å². The average molecular weight is 752 g/mol. The molecule has 0 aliphatic carbocycles. The number of anilines is 1. The predicted octanol–water partition coefficient (Wildman–Crippen LogP) is 8.77. The summed E-state index contributed by atoms with van der Waals surface area (Å²) in [5, 5.41) is 9.21. The van der Waals surface area contributed by atoms with Crippen LogP contribution in [0.25, 0.3) is 10.8 Å². The Morgan fingerprint density at radius 3 is 2.44 bits per heavy atom. The lowest BCUT2D eigenvalue weighted by Gasteiger charge is -2.31. The van der Waals surface area contributed by atoms with E-state index in [4.69, 9.17) is 25.8 Å². The minimum absolute atomic E-state index is 0.0245. The first-order valence-electron chi connectivity index (χ1n) is 18.3. The minimum Gasteiger partial charge on any atom is -0.492 e. The van der Waals surface area contributed by atoms with Crippen molar-refractivity contribution in [2.24, 2.45) is 5.41 Å². The number of benzene rings is 5. The second kappa shape index (κ2) is 17.5. The lowest BCUT2D eigenvalue weighted by atomic mass is 9.94. The molecule has 2 atom stereocenters. The van der Waals surface area contributed by atoms with Crippen LogP contribution in [0.2, 0.25) is 5.02 Å². The van der Waals surface area contributed by atoms with Gasteiger partial charge in [-0.05, 0) is 65.0 Å². The first-order valence-corrected chi connectivity index (χ1v) is 18.6. The molecule has 5 aromatic rings. The van der Waals surface area contributed by atoms with Crippen LogP contribution in [0, 0.1) is 11.2 Å². The van der Waals surface area contributed by atoms with E-state index in [0.717, 1.165) is 19.5 Å². The molecule has 0 bridgehead atoms. The molecular formula is C44H47ClFN3O5. The van der Waals surface area contributed by atoms with Gasteiger partial charge < -0.3 is 29.7 Å². The number of hydrogen-bond donors (Lipinski definition) is 2.